The number of fused-ring (bicyclic) bond motifs is 1. The molecule has 0 saturated carbocycles. The first-order valence-electron chi connectivity index (χ1n) is 4.55. The number of nitrogens with zero attached hydrogens (tertiary/aromatic N) is 1. The molecule has 0 aliphatic carbocycles. The molecule has 0 aliphatic rings. The molecule has 0 radical (unpaired) electrons. The number of nitrogens with one attached hydrogen (secondary N) is 1. The van der Waals surface area contributed by atoms with E-state index < -0.39 is 0 Å². The summed E-state index contributed by atoms with van der Waals surface area (Å²) in [6.07, 6.45) is 0.469. The summed E-state index contributed by atoms with van der Waals surface area (Å²) in [7, 11) is 0. The van der Waals surface area contributed by atoms with Crippen LogP contribution in [0.1, 0.15) is 13.3 Å². The van der Waals surface area contributed by atoms with E-state index in [1.807, 2.05) is 25.1 Å². The number of carbonyl (C=O) groups is 1. The zero-order chi connectivity index (χ0) is 10.8. The van der Waals surface area contributed by atoms with Gasteiger partial charge in [-0.05, 0) is 28.1 Å². The van der Waals surface area contributed by atoms with E-state index in [-0.39, 0.29) is 5.91 Å². The number of halogens is 1. The molecule has 0 spiro atoms. The van der Waals surface area contributed by atoms with Gasteiger partial charge in [-0.2, -0.15) is 0 Å². The van der Waals surface area contributed by atoms with Crippen molar-refractivity contribution < 1.29 is 4.79 Å². The van der Waals surface area contributed by atoms with Crippen molar-refractivity contribution in [1.82, 2.24) is 4.98 Å². The Kier molecular flexibility index (Phi) is 3.02. The van der Waals surface area contributed by atoms with Gasteiger partial charge in [0.2, 0.25) is 5.91 Å². The first-order valence-corrected chi connectivity index (χ1v) is 6.16. The molecule has 2 rings (SSSR count). The van der Waals surface area contributed by atoms with Crippen LogP contribution in [0.4, 0.5) is 5.13 Å². The van der Waals surface area contributed by atoms with Crippen LogP contribution in [0.5, 0.6) is 0 Å². The Morgan fingerprint density at radius 1 is 1.60 bits per heavy atom. The molecule has 0 saturated heterocycles. The van der Waals surface area contributed by atoms with Gasteiger partial charge in [0.25, 0.3) is 0 Å². The largest absolute Gasteiger partial charge is 0.302 e. The lowest BCUT2D eigenvalue weighted by molar-refractivity contribution is -0.115. The highest BCUT2D eigenvalue weighted by Gasteiger charge is 2.07. The van der Waals surface area contributed by atoms with Crippen LogP contribution in [-0.4, -0.2) is 10.9 Å². The molecule has 1 aromatic heterocycles. The van der Waals surface area contributed by atoms with Crippen LogP contribution in [0.3, 0.4) is 0 Å². The van der Waals surface area contributed by atoms with Crippen LogP contribution in [0.15, 0.2) is 22.7 Å². The number of hydrogen-bond acceptors (Lipinski definition) is 3. The van der Waals surface area contributed by atoms with Crippen molar-refractivity contribution in [2.45, 2.75) is 13.3 Å². The third-order valence-electron chi connectivity index (χ3n) is 1.94. The third-order valence-corrected chi connectivity index (χ3v) is 3.51. The van der Waals surface area contributed by atoms with Crippen molar-refractivity contribution in [2.24, 2.45) is 0 Å². The van der Waals surface area contributed by atoms with Gasteiger partial charge in [0.15, 0.2) is 5.13 Å². The van der Waals surface area contributed by atoms with Gasteiger partial charge in [-0.1, -0.05) is 24.3 Å². The molecule has 2 aromatic rings. The van der Waals surface area contributed by atoms with Gasteiger partial charge in [0.05, 0.1) is 10.2 Å². The zero-order valence-electron chi connectivity index (χ0n) is 8.08. The predicted molar refractivity (Wildman–Crippen MR) is 66.2 cm³/mol. The number of para-hydroxylation sites is 1. The molecule has 15 heavy (non-hydrogen) atoms. The minimum atomic E-state index is -0.00909. The summed E-state index contributed by atoms with van der Waals surface area (Å²) in [4.78, 5) is 15.5. The van der Waals surface area contributed by atoms with Gasteiger partial charge < -0.3 is 5.32 Å². The second-order valence-electron chi connectivity index (χ2n) is 3.01. The molecule has 5 heteroatoms. The smallest absolute Gasteiger partial charge is 0.225 e. The molecule has 0 unspecified atom stereocenters. The fourth-order valence-corrected chi connectivity index (χ4v) is 2.67. The Morgan fingerprint density at radius 3 is 3.07 bits per heavy atom. The Balaban J connectivity index is 2.39. The Hall–Kier alpha value is -0.940. The standard InChI is InChI=1S/C10H9BrN2OS/c1-2-8(14)12-10-13-9-6(11)4-3-5-7(9)15-10/h3-5H,2H2,1H3,(H,12,13,14). The lowest BCUT2D eigenvalue weighted by atomic mass is 10.3. The Labute approximate surface area is 99.6 Å². The Bertz CT molecular complexity index is 509. The number of carbonyl (C=O) groups excluding carboxylic acids is 1. The highest BCUT2D eigenvalue weighted by Crippen LogP contribution is 2.30. The van der Waals surface area contributed by atoms with Crippen molar-refractivity contribution in [3.8, 4) is 0 Å². The van der Waals surface area contributed by atoms with E-state index in [2.05, 4.69) is 26.2 Å². The fraction of sp³-hybridized carbons (Fsp3) is 0.200. The average molecular weight is 285 g/mol. The first-order chi connectivity index (χ1) is 7.20. The predicted octanol–water partition coefficient (Wildman–Crippen LogP) is 3.41. The quantitative estimate of drug-likeness (QED) is 0.918. The second kappa shape index (κ2) is 4.28. The maximum absolute atomic E-state index is 11.2. The summed E-state index contributed by atoms with van der Waals surface area (Å²) in [5.41, 5.74) is 0.897. The summed E-state index contributed by atoms with van der Waals surface area (Å²) >= 11 is 4.91. The van der Waals surface area contributed by atoms with Gasteiger partial charge in [0, 0.05) is 10.9 Å². The SMILES string of the molecule is CCC(=O)Nc1nc2c(Br)cccc2s1. The maximum atomic E-state index is 11.2. The molecule has 0 aliphatic heterocycles. The molecule has 0 atom stereocenters. The van der Waals surface area contributed by atoms with Gasteiger partial charge in [-0.3, -0.25) is 4.79 Å². The van der Waals surface area contributed by atoms with Crippen molar-refractivity contribution in [3.05, 3.63) is 22.7 Å². The monoisotopic (exact) mass is 284 g/mol. The van der Waals surface area contributed by atoms with Crippen molar-refractivity contribution in [1.29, 1.82) is 0 Å². The topological polar surface area (TPSA) is 42.0 Å². The number of rotatable bonds is 2. The molecule has 3 nitrogen and oxygen atoms in total. The average Bonchev–Trinajstić information content (AvgIpc) is 2.62. The van der Waals surface area contributed by atoms with E-state index in [1.54, 1.807) is 0 Å². The summed E-state index contributed by atoms with van der Waals surface area (Å²) < 4.78 is 2.02. The van der Waals surface area contributed by atoms with Crippen molar-refractivity contribution >= 4 is 48.5 Å². The molecule has 0 bridgehead atoms. The van der Waals surface area contributed by atoms with E-state index in [0.717, 1.165) is 14.7 Å². The number of benzene rings is 1. The van der Waals surface area contributed by atoms with Crippen molar-refractivity contribution in [2.75, 3.05) is 5.32 Å². The Morgan fingerprint density at radius 2 is 2.40 bits per heavy atom. The second-order valence-corrected chi connectivity index (χ2v) is 4.89. The molecule has 1 N–H and O–H groups in total. The third kappa shape index (κ3) is 2.18. The number of hydrogen-bond donors (Lipinski definition) is 1. The van der Waals surface area contributed by atoms with E-state index in [4.69, 9.17) is 0 Å². The lowest BCUT2D eigenvalue weighted by Crippen LogP contribution is -2.08. The van der Waals surface area contributed by atoms with Gasteiger partial charge in [-0.15, -0.1) is 0 Å². The van der Waals surface area contributed by atoms with E-state index in [1.165, 1.54) is 11.3 Å². The van der Waals surface area contributed by atoms with Crippen LogP contribution >= 0.6 is 27.3 Å². The normalized spacial score (nSPS) is 10.5. The van der Waals surface area contributed by atoms with E-state index in [0.29, 0.717) is 11.6 Å². The molecule has 1 heterocycles. The lowest BCUT2D eigenvalue weighted by Gasteiger charge is -1.95. The summed E-state index contributed by atoms with van der Waals surface area (Å²) in [6, 6.07) is 5.88. The minimum Gasteiger partial charge on any atom is -0.302 e. The summed E-state index contributed by atoms with van der Waals surface area (Å²) in [5.74, 6) is -0.00909. The molecular weight excluding hydrogens is 276 g/mol. The van der Waals surface area contributed by atoms with E-state index >= 15 is 0 Å². The molecule has 78 valence electrons. The number of anilines is 1. The highest BCUT2D eigenvalue weighted by molar-refractivity contribution is 9.10. The molecule has 0 fully saturated rings. The fourth-order valence-electron chi connectivity index (χ4n) is 1.18. The van der Waals surface area contributed by atoms with Crippen LogP contribution in [-0.2, 0) is 4.79 Å². The van der Waals surface area contributed by atoms with Gasteiger partial charge in [0.1, 0.15) is 0 Å². The van der Waals surface area contributed by atoms with Crippen LogP contribution < -0.4 is 5.32 Å². The summed E-state index contributed by atoms with van der Waals surface area (Å²) in [5, 5.41) is 3.41. The number of thiazole rings is 1. The zero-order valence-corrected chi connectivity index (χ0v) is 10.5. The van der Waals surface area contributed by atoms with E-state index in [9.17, 15) is 4.79 Å². The first kappa shape index (κ1) is 10.6. The minimum absolute atomic E-state index is 0.00909. The van der Waals surface area contributed by atoms with Gasteiger partial charge >= 0.3 is 0 Å². The molecule has 1 amide bonds. The van der Waals surface area contributed by atoms with Crippen LogP contribution in [0.25, 0.3) is 10.2 Å². The highest BCUT2D eigenvalue weighted by atomic mass is 79.9. The molecule has 1 aromatic carbocycles. The number of amides is 1. The van der Waals surface area contributed by atoms with Crippen LogP contribution in [0.2, 0.25) is 0 Å². The molecular formula is C10H9BrN2OS. The van der Waals surface area contributed by atoms with Gasteiger partial charge in [-0.25, -0.2) is 4.98 Å². The van der Waals surface area contributed by atoms with Crippen molar-refractivity contribution in [3.63, 3.8) is 0 Å². The maximum Gasteiger partial charge on any atom is 0.225 e. The number of aromatic nitrogens is 1. The van der Waals surface area contributed by atoms with Crippen LogP contribution in [0, 0.1) is 0 Å². The summed E-state index contributed by atoms with van der Waals surface area (Å²) in [6.45, 7) is 1.82.